The fraction of sp³-hybridized carbons (Fsp3) is 1.00. The molecule has 0 saturated carbocycles. The van der Waals surface area contributed by atoms with E-state index in [4.69, 9.17) is 9.47 Å². The molecule has 0 aliphatic carbocycles. The normalized spacial score (nSPS) is 35.4. The summed E-state index contributed by atoms with van der Waals surface area (Å²) in [6, 6.07) is 0. The maximum Gasteiger partial charge on any atom is 0.115 e. The molecule has 0 spiro atoms. The highest BCUT2D eigenvalue weighted by Crippen LogP contribution is 2.43. The summed E-state index contributed by atoms with van der Waals surface area (Å²) in [5.41, 5.74) is -0.367. The minimum atomic E-state index is -0.528. The molecule has 90 valence electrons. The van der Waals surface area contributed by atoms with Crippen molar-refractivity contribution in [2.45, 2.75) is 58.5 Å². The molecule has 3 nitrogen and oxygen atoms in total. The third kappa shape index (κ3) is 1.81. The van der Waals surface area contributed by atoms with Crippen molar-refractivity contribution < 1.29 is 14.6 Å². The van der Waals surface area contributed by atoms with Gasteiger partial charge in [0.15, 0.2) is 0 Å². The van der Waals surface area contributed by atoms with Crippen LogP contribution < -0.4 is 0 Å². The lowest BCUT2D eigenvalue weighted by Crippen LogP contribution is -2.52. The zero-order chi connectivity index (χ0) is 11.8. The monoisotopic (exact) mass is 216 g/mol. The smallest absolute Gasteiger partial charge is 0.115 e. The van der Waals surface area contributed by atoms with Gasteiger partial charge in [-0.2, -0.15) is 0 Å². The van der Waals surface area contributed by atoms with E-state index in [2.05, 4.69) is 27.7 Å². The first-order valence-electron chi connectivity index (χ1n) is 5.76. The van der Waals surface area contributed by atoms with Gasteiger partial charge >= 0.3 is 0 Å². The van der Waals surface area contributed by atoms with E-state index in [1.54, 1.807) is 7.11 Å². The Balaban J connectivity index is 3.07. The molecule has 0 radical (unpaired) electrons. The van der Waals surface area contributed by atoms with Gasteiger partial charge in [0.2, 0.25) is 0 Å². The summed E-state index contributed by atoms with van der Waals surface area (Å²) < 4.78 is 11.5. The average Bonchev–Trinajstić information content (AvgIpc) is 2.40. The van der Waals surface area contributed by atoms with E-state index in [-0.39, 0.29) is 17.8 Å². The summed E-state index contributed by atoms with van der Waals surface area (Å²) in [5, 5.41) is 10.0. The van der Waals surface area contributed by atoms with Gasteiger partial charge in [-0.15, -0.1) is 0 Å². The lowest BCUT2D eigenvalue weighted by Gasteiger charge is -2.41. The Morgan fingerprint density at radius 2 is 1.67 bits per heavy atom. The van der Waals surface area contributed by atoms with Gasteiger partial charge < -0.3 is 14.6 Å². The van der Waals surface area contributed by atoms with Crippen molar-refractivity contribution in [1.82, 2.24) is 0 Å². The van der Waals surface area contributed by atoms with Crippen molar-refractivity contribution in [3.63, 3.8) is 0 Å². The third-order valence-electron chi connectivity index (χ3n) is 3.68. The first-order chi connectivity index (χ1) is 6.87. The summed E-state index contributed by atoms with van der Waals surface area (Å²) in [4.78, 5) is 0. The van der Waals surface area contributed by atoms with E-state index in [9.17, 15) is 5.11 Å². The fourth-order valence-electron chi connectivity index (χ4n) is 2.89. The van der Waals surface area contributed by atoms with Gasteiger partial charge in [-0.25, -0.2) is 0 Å². The van der Waals surface area contributed by atoms with Crippen LogP contribution >= 0.6 is 0 Å². The zero-order valence-electron chi connectivity index (χ0n) is 10.7. The molecule has 1 rings (SSSR count). The lowest BCUT2D eigenvalue weighted by atomic mass is 9.75. The van der Waals surface area contributed by atoms with Crippen LogP contribution in [0, 0.1) is 11.8 Å². The molecule has 1 heterocycles. The standard InChI is InChI=1S/C12H24O3/c1-7(2)12(8(3)4)11(14-6)10(13)9(5)15-12/h7-11,13H,1-6H3/t9-,10+,11-/m0/s1. The van der Waals surface area contributed by atoms with Crippen LogP contribution in [0.1, 0.15) is 34.6 Å². The molecule has 3 atom stereocenters. The van der Waals surface area contributed by atoms with E-state index in [0.29, 0.717) is 11.8 Å². The quantitative estimate of drug-likeness (QED) is 0.782. The first-order valence-corrected chi connectivity index (χ1v) is 5.76. The molecule has 0 bridgehead atoms. The SMILES string of the molecule is CO[C@H]1[C@H](O)[C@H](C)OC1(C(C)C)C(C)C. The van der Waals surface area contributed by atoms with Gasteiger partial charge in [0.1, 0.15) is 17.8 Å². The van der Waals surface area contributed by atoms with E-state index >= 15 is 0 Å². The van der Waals surface area contributed by atoms with Gasteiger partial charge in [0.05, 0.1) is 6.10 Å². The van der Waals surface area contributed by atoms with Crippen molar-refractivity contribution in [1.29, 1.82) is 0 Å². The molecule has 1 aliphatic rings. The van der Waals surface area contributed by atoms with Gasteiger partial charge in [0.25, 0.3) is 0 Å². The molecule has 1 saturated heterocycles. The second-order valence-electron chi connectivity index (χ2n) is 5.13. The molecule has 15 heavy (non-hydrogen) atoms. The second-order valence-corrected chi connectivity index (χ2v) is 5.13. The second kappa shape index (κ2) is 4.40. The molecule has 0 aromatic rings. The number of hydrogen-bond donors (Lipinski definition) is 1. The van der Waals surface area contributed by atoms with Crippen molar-refractivity contribution in [2.24, 2.45) is 11.8 Å². The summed E-state index contributed by atoms with van der Waals surface area (Å²) in [6.07, 6.45) is -0.910. The Morgan fingerprint density at radius 3 is 1.93 bits per heavy atom. The van der Waals surface area contributed by atoms with Crippen LogP contribution in [0.4, 0.5) is 0 Å². The number of hydrogen-bond acceptors (Lipinski definition) is 3. The molecular formula is C12H24O3. The number of methoxy groups -OCH3 is 1. The van der Waals surface area contributed by atoms with Crippen LogP contribution in [0.3, 0.4) is 0 Å². The third-order valence-corrected chi connectivity index (χ3v) is 3.68. The first kappa shape index (κ1) is 12.9. The van der Waals surface area contributed by atoms with Crippen molar-refractivity contribution >= 4 is 0 Å². The highest BCUT2D eigenvalue weighted by atomic mass is 16.6. The molecule has 1 N–H and O–H groups in total. The van der Waals surface area contributed by atoms with Crippen molar-refractivity contribution in [2.75, 3.05) is 7.11 Å². The van der Waals surface area contributed by atoms with Crippen LogP contribution in [0.2, 0.25) is 0 Å². The molecular weight excluding hydrogens is 192 g/mol. The van der Waals surface area contributed by atoms with Crippen molar-refractivity contribution in [3.05, 3.63) is 0 Å². The van der Waals surface area contributed by atoms with Gasteiger partial charge in [-0.3, -0.25) is 0 Å². The predicted molar refractivity (Wildman–Crippen MR) is 59.8 cm³/mol. The lowest BCUT2D eigenvalue weighted by molar-refractivity contribution is -0.146. The van der Waals surface area contributed by atoms with Crippen LogP contribution in [-0.4, -0.2) is 36.1 Å². The molecule has 1 aliphatic heterocycles. The molecule has 0 aromatic heterocycles. The van der Waals surface area contributed by atoms with E-state index in [0.717, 1.165) is 0 Å². The Kier molecular flexibility index (Phi) is 3.80. The predicted octanol–water partition coefficient (Wildman–Crippen LogP) is 1.83. The Morgan fingerprint density at radius 1 is 1.20 bits per heavy atom. The maximum absolute atomic E-state index is 10.0. The summed E-state index contributed by atoms with van der Waals surface area (Å²) in [7, 11) is 1.65. The van der Waals surface area contributed by atoms with E-state index in [1.165, 1.54) is 0 Å². The Labute approximate surface area is 92.8 Å². The van der Waals surface area contributed by atoms with Crippen LogP contribution in [0.15, 0.2) is 0 Å². The van der Waals surface area contributed by atoms with Gasteiger partial charge in [-0.05, 0) is 18.8 Å². The highest BCUT2D eigenvalue weighted by molar-refractivity contribution is 5.05. The Hall–Kier alpha value is -0.120. The Bertz CT molecular complexity index is 205. The summed E-state index contributed by atoms with van der Waals surface area (Å²) >= 11 is 0. The topological polar surface area (TPSA) is 38.7 Å². The minimum Gasteiger partial charge on any atom is -0.388 e. The average molecular weight is 216 g/mol. The van der Waals surface area contributed by atoms with Crippen molar-refractivity contribution in [3.8, 4) is 0 Å². The number of aliphatic hydroxyl groups excluding tert-OH is 1. The van der Waals surface area contributed by atoms with Gasteiger partial charge in [0, 0.05) is 7.11 Å². The highest BCUT2D eigenvalue weighted by Gasteiger charge is 2.56. The van der Waals surface area contributed by atoms with Crippen LogP contribution in [0.25, 0.3) is 0 Å². The molecule has 1 fully saturated rings. The largest absolute Gasteiger partial charge is 0.388 e. The molecule has 0 amide bonds. The van der Waals surface area contributed by atoms with Gasteiger partial charge in [-0.1, -0.05) is 27.7 Å². The molecule has 3 heteroatoms. The minimum absolute atomic E-state index is 0.153. The van der Waals surface area contributed by atoms with E-state index < -0.39 is 6.10 Å². The van der Waals surface area contributed by atoms with Crippen LogP contribution in [-0.2, 0) is 9.47 Å². The molecule has 0 unspecified atom stereocenters. The summed E-state index contributed by atoms with van der Waals surface area (Å²) in [5.74, 6) is 0.643. The summed E-state index contributed by atoms with van der Waals surface area (Å²) in [6.45, 7) is 10.4. The number of aliphatic hydroxyl groups is 1. The van der Waals surface area contributed by atoms with Crippen LogP contribution in [0.5, 0.6) is 0 Å². The zero-order valence-corrected chi connectivity index (χ0v) is 10.7. The van der Waals surface area contributed by atoms with E-state index in [1.807, 2.05) is 6.92 Å². The number of rotatable bonds is 3. The molecule has 0 aromatic carbocycles. The number of ether oxygens (including phenoxy) is 2. The maximum atomic E-state index is 10.0. The fourth-order valence-corrected chi connectivity index (χ4v) is 2.89.